The topological polar surface area (TPSA) is 90.1 Å². The van der Waals surface area contributed by atoms with Crippen molar-refractivity contribution in [2.24, 2.45) is 0 Å². The molecule has 0 bridgehead atoms. The van der Waals surface area contributed by atoms with Gasteiger partial charge in [0, 0.05) is 24.2 Å². The summed E-state index contributed by atoms with van der Waals surface area (Å²) in [5.74, 6) is 0. The lowest BCUT2D eigenvalue weighted by molar-refractivity contribution is 0.199. The molecular weight excluding hydrogens is 266 g/mol. The second kappa shape index (κ2) is 6.00. The van der Waals surface area contributed by atoms with Gasteiger partial charge in [0.25, 0.3) is 10.0 Å². The molecule has 0 radical (unpaired) electrons. The first kappa shape index (κ1) is 16.1. The Hall–Kier alpha value is -0.960. The molecule has 0 saturated carbocycles. The third kappa shape index (κ3) is 4.00. The number of nitrogens with one attached hydrogen (secondary N) is 3. The van der Waals surface area contributed by atoms with Crippen LogP contribution in [-0.4, -0.2) is 56.7 Å². The van der Waals surface area contributed by atoms with Gasteiger partial charge in [-0.05, 0) is 35.0 Å². The number of aromatic amines is 1. The van der Waals surface area contributed by atoms with E-state index in [0.29, 0.717) is 18.7 Å². The van der Waals surface area contributed by atoms with Crippen LogP contribution in [0.5, 0.6) is 0 Å². The lowest BCUT2D eigenvalue weighted by Crippen LogP contribution is -2.48. The Labute approximate surface area is 114 Å². The molecule has 19 heavy (non-hydrogen) atoms. The Balaban J connectivity index is 2.85. The zero-order chi connectivity index (χ0) is 14.7. The number of aromatic nitrogens is 2. The number of hydrogen-bond donors (Lipinski definition) is 3. The summed E-state index contributed by atoms with van der Waals surface area (Å²) in [6.07, 6.45) is 1.52. The predicted molar refractivity (Wildman–Crippen MR) is 74.3 cm³/mol. The van der Waals surface area contributed by atoms with Gasteiger partial charge in [-0.3, -0.25) is 5.10 Å². The zero-order valence-electron chi connectivity index (χ0n) is 12.1. The predicted octanol–water partition coefficient (Wildman–Crippen LogP) is -0.252. The molecule has 0 aliphatic heterocycles. The maximum Gasteiger partial charge on any atom is 0.257 e. The summed E-state index contributed by atoms with van der Waals surface area (Å²) in [7, 11) is 2.01. The molecule has 0 atom stereocenters. The van der Waals surface area contributed by atoms with Crippen LogP contribution in [0.1, 0.15) is 19.4 Å². The van der Waals surface area contributed by atoms with E-state index >= 15 is 0 Å². The Kier molecular flexibility index (Phi) is 5.08. The minimum Gasteiger partial charge on any atom is -0.316 e. The van der Waals surface area contributed by atoms with E-state index in [1.54, 1.807) is 7.05 Å². The van der Waals surface area contributed by atoms with Crippen LogP contribution in [0.4, 0.5) is 0 Å². The molecule has 0 saturated heterocycles. The van der Waals surface area contributed by atoms with Crippen LogP contribution in [0.15, 0.2) is 11.2 Å². The first-order valence-corrected chi connectivity index (χ1v) is 7.53. The van der Waals surface area contributed by atoms with Crippen molar-refractivity contribution >= 4 is 10.0 Å². The summed E-state index contributed by atoms with van der Waals surface area (Å²) < 4.78 is 27.1. The molecule has 1 aromatic rings. The zero-order valence-corrected chi connectivity index (χ0v) is 12.9. The number of hydrogen-bond acceptors (Lipinski definition) is 5. The normalized spacial score (nSPS) is 13.2. The Morgan fingerprint density at radius 2 is 2.05 bits per heavy atom. The molecule has 0 spiro atoms. The minimum absolute atomic E-state index is 0.122. The lowest BCUT2D eigenvalue weighted by atomic mass is 10.1. The highest BCUT2D eigenvalue weighted by atomic mass is 32.2. The molecule has 0 aromatic carbocycles. The van der Waals surface area contributed by atoms with E-state index < -0.39 is 10.0 Å². The molecule has 1 rings (SSSR count). The summed E-state index contributed by atoms with van der Waals surface area (Å²) >= 11 is 0. The second-order valence-corrected chi connectivity index (χ2v) is 6.99. The summed E-state index contributed by atoms with van der Waals surface area (Å²) in [4.78, 5) is 1.97. The van der Waals surface area contributed by atoms with E-state index in [1.807, 2.05) is 32.8 Å². The highest BCUT2D eigenvalue weighted by Crippen LogP contribution is 2.14. The van der Waals surface area contributed by atoms with Crippen LogP contribution >= 0.6 is 0 Å². The van der Waals surface area contributed by atoms with Crippen molar-refractivity contribution in [2.45, 2.75) is 31.0 Å². The summed E-state index contributed by atoms with van der Waals surface area (Å²) in [6, 6.07) is 0. The van der Waals surface area contributed by atoms with Gasteiger partial charge in [0.15, 0.2) is 5.03 Å². The first-order chi connectivity index (χ1) is 8.70. The van der Waals surface area contributed by atoms with Gasteiger partial charge < -0.3 is 10.2 Å². The van der Waals surface area contributed by atoms with Crippen molar-refractivity contribution in [3.63, 3.8) is 0 Å². The van der Waals surface area contributed by atoms with Gasteiger partial charge in [0.05, 0.1) is 6.20 Å². The van der Waals surface area contributed by atoms with Crippen LogP contribution in [0.2, 0.25) is 0 Å². The molecule has 110 valence electrons. The van der Waals surface area contributed by atoms with Crippen molar-refractivity contribution < 1.29 is 8.42 Å². The van der Waals surface area contributed by atoms with Gasteiger partial charge in [-0.25, -0.2) is 13.1 Å². The molecule has 1 heterocycles. The molecule has 0 unspecified atom stereocenters. The lowest BCUT2D eigenvalue weighted by Gasteiger charge is -2.32. The minimum atomic E-state index is -3.57. The van der Waals surface area contributed by atoms with Gasteiger partial charge in [-0.1, -0.05) is 0 Å². The van der Waals surface area contributed by atoms with E-state index in [4.69, 9.17) is 0 Å². The number of H-pyrrole nitrogens is 1. The van der Waals surface area contributed by atoms with Crippen molar-refractivity contribution in [2.75, 3.05) is 27.7 Å². The maximum absolute atomic E-state index is 12.2. The molecule has 3 N–H and O–H groups in total. The Morgan fingerprint density at radius 3 is 2.58 bits per heavy atom. The molecular formula is C11H23N5O2S. The van der Waals surface area contributed by atoms with Gasteiger partial charge in [-0.2, -0.15) is 5.10 Å². The number of likely N-dealkylation sites (N-methyl/N-ethyl adjacent to an activating group) is 1. The fourth-order valence-electron chi connectivity index (χ4n) is 1.35. The summed E-state index contributed by atoms with van der Waals surface area (Å²) in [6.45, 7) is 4.71. The van der Waals surface area contributed by atoms with Crippen LogP contribution in [0.25, 0.3) is 0 Å². The van der Waals surface area contributed by atoms with Gasteiger partial charge in [-0.15, -0.1) is 0 Å². The molecule has 8 heteroatoms. The van der Waals surface area contributed by atoms with E-state index in [2.05, 4.69) is 20.2 Å². The number of nitrogens with zero attached hydrogens (tertiary/aromatic N) is 2. The fourth-order valence-corrected chi connectivity index (χ4v) is 2.68. The van der Waals surface area contributed by atoms with E-state index in [-0.39, 0.29) is 10.6 Å². The van der Waals surface area contributed by atoms with Crippen molar-refractivity contribution in [1.29, 1.82) is 0 Å². The summed E-state index contributed by atoms with van der Waals surface area (Å²) in [5, 5.41) is 9.37. The fraction of sp³-hybridized carbons (Fsp3) is 0.727. The number of rotatable bonds is 7. The Morgan fingerprint density at radius 1 is 1.42 bits per heavy atom. The van der Waals surface area contributed by atoms with Crippen LogP contribution in [0.3, 0.4) is 0 Å². The van der Waals surface area contributed by atoms with E-state index in [1.165, 1.54) is 6.20 Å². The largest absolute Gasteiger partial charge is 0.316 e. The van der Waals surface area contributed by atoms with Gasteiger partial charge in [0.1, 0.15) is 0 Å². The number of sulfonamides is 1. The SMILES string of the molecule is CNCc1cn[nH]c1S(=O)(=O)NCC(C)(C)N(C)C. The average Bonchev–Trinajstić information content (AvgIpc) is 2.76. The van der Waals surface area contributed by atoms with Crippen molar-refractivity contribution in [3.05, 3.63) is 11.8 Å². The van der Waals surface area contributed by atoms with Crippen molar-refractivity contribution in [3.8, 4) is 0 Å². The smallest absolute Gasteiger partial charge is 0.257 e. The second-order valence-electron chi connectivity index (χ2n) is 5.29. The average molecular weight is 289 g/mol. The van der Waals surface area contributed by atoms with Crippen LogP contribution < -0.4 is 10.0 Å². The molecule has 7 nitrogen and oxygen atoms in total. The molecule has 0 aliphatic carbocycles. The standard InChI is InChI=1S/C11H23N5O2S/c1-11(2,16(4)5)8-14-19(17,18)10-9(6-12-3)7-13-15-10/h7,12,14H,6,8H2,1-5H3,(H,13,15). The maximum atomic E-state index is 12.2. The van der Waals surface area contributed by atoms with Crippen LogP contribution in [-0.2, 0) is 16.6 Å². The highest BCUT2D eigenvalue weighted by molar-refractivity contribution is 7.89. The highest BCUT2D eigenvalue weighted by Gasteiger charge is 2.26. The molecule has 0 aliphatic rings. The summed E-state index contributed by atoms with van der Waals surface area (Å²) in [5.41, 5.74) is 0.355. The first-order valence-electron chi connectivity index (χ1n) is 6.04. The monoisotopic (exact) mass is 289 g/mol. The third-order valence-corrected chi connectivity index (χ3v) is 4.63. The van der Waals surface area contributed by atoms with Crippen LogP contribution in [0, 0.1) is 0 Å². The van der Waals surface area contributed by atoms with Gasteiger partial charge >= 0.3 is 0 Å². The van der Waals surface area contributed by atoms with Crippen molar-refractivity contribution in [1.82, 2.24) is 25.1 Å². The Bertz CT molecular complexity index is 507. The quantitative estimate of drug-likeness (QED) is 0.644. The molecule has 1 aromatic heterocycles. The van der Waals surface area contributed by atoms with Gasteiger partial charge in [0.2, 0.25) is 0 Å². The molecule has 0 amide bonds. The van der Waals surface area contributed by atoms with E-state index in [0.717, 1.165) is 0 Å². The van der Waals surface area contributed by atoms with E-state index in [9.17, 15) is 8.42 Å². The molecule has 0 fully saturated rings. The third-order valence-electron chi connectivity index (χ3n) is 3.22.